The zero-order chi connectivity index (χ0) is 14.2. The van der Waals surface area contributed by atoms with E-state index in [0.29, 0.717) is 36.7 Å². The molecule has 1 aliphatic carbocycles. The molecule has 0 aliphatic heterocycles. The van der Waals surface area contributed by atoms with Crippen molar-refractivity contribution >= 4 is 32.8 Å². The first-order valence-electron chi connectivity index (χ1n) is 6.48. The van der Waals surface area contributed by atoms with Crippen molar-refractivity contribution in [3.63, 3.8) is 0 Å². The quantitative estimate of drug-likeness (QED) is 0.890. The number of hydrogen-bond donors (Lipinski definition) is 2. The van der Waals surface area contributed by atoms with Gasteiger partial charge < -0.3 is 5.11 Å². The fraction of sp³-hybridized carbons (Fsp3) is 0.500. The van der Waals surface area contributed by atoms with Crippen molar-refractivity contribution in [1.82, 2.24) is 13.5 Å². The molecule has 20 heavy (non-hydrogen) atoms. The van der Waals surface area contributed by atoms with Gasteiger partial charge in [0.2, 0.25) is 10.0 Å². The summed E-state index contributed by atoms with van der Waals surface area (Å²) < 4.78 is 35.7. The van der Waals surface area contributed by atoms with Gasteiger partial charge in [-0.25, -0.2) is 13.1 Å². The second-order valence-corrected chi connectivity index (χ2v) is 7.23. The highest BCUT2D eigenvalue weighted by atomic mass is 32.2. The first-order chi connectivity index (χ1) is 9.56. The summed E-state index contributed by atoms with van der Waals surface area (Å²) in [6.07, 6.45) is 2.28. The van der Waals surface area contributed by atoms with E-state index < -0.39 is 10.0 Å². The van der Waals surface area contributed by atoms with Crippen molar-refractivity contribution in [3.8, 4) is 0 Å². The minimum Gasteiger partial charge on any atom is -0.393 e. The molecular formula is C12H15N3O3S2. The molecule has 2 N–H and O–H groups in total. The highest BCUT2D eigenvalue weighted by molar-refractivity contribution is 7.89. The highest BCUT2D eigenvalue weighted by Crippen LogP contribution is 2.24. The number of rotatable bonds is 3. The van der Waals surface area contributed by atoms with Gasteiger partial charge in [0.15, 0.2) is 0 Å². The number of nitrogens with zero attached hydrogens (tertiary/aromatic N) is 2. The Kier molecular flexibility index (Phi) is 3.72. The van der Waals surface area contributed by atoms with E-state index in [0.717, 1.165) is 11.7 Å². The smallest absolute Gasteiger partial charge is 0.243 e. The maximum atomic E-state index is 12.5. The second-order valence-electron chi connectivity index (χ2n) is 5.01. The number of aromatic nitrogens is 2. The Bertz CT molecular complexity index is 706. The summed E-state index contributed by atoms with van der Waals surface area (Å²) in [5, 5.41) is 9.46. The highest BCUT2D eigenvalue weighted by Gasteiger charge is 2.26. The van der Waals surface area contributed by atoms with Gasteiger partial charge >= 0.3 is 0 Å². The predicted molar refractivity (Wildman–Crippen MR) is 76.0 cm³/mol. The van der Waals surface area contributed by atoms with E-state index in [-0.39, 0.29) is 17.0 Å². The largest absolute Gasteiger partial charge is 0.393 e. The summed E-state index contributed by atoms with van der Waals surface area (Å²) >= 11 is 1.00. The minimum atomic E-state index is -3.60. The SMILES string of the molecule is O=S(=O)(NC1CCC(O)CC1)c1cccc2nsnc12. The van der Waals surface area contributed by atoms with E-state index in [9.17, 15) is 13.5 Å². The zero-order valence-electron chi connectivity index (χ0n) is 10.7. The Morgan fingerprint density at radius 2 is 1.95 bits per heavy atom. The Hall–Kier alpha value is -1.09. The second kappa shape index (κ2) is 5.36. The van der Waals surface area contributed by atoms with Crippen molar-refractivity contribution in [2.75, 3.05) is 0 Å². The number of aliphatic hydroxyl groups is 1. The van der Waals surface area contributed by atoms with Gasteiger partial charge in [0.25, 0.3) is 0 Å². The summed E-state index contributed by atoms with van der Waals surface area (Å²) in [6, 6.07) is 4.84. The first kappa shape index (κ1) is 13.9. The average molecular weight is 313 g/mol. The Morgan fingerprint density at radius 1 is 1.20 bits per heavy atom. The lowest BCUT2D eigenvalue weighted by atomic mass is 9.94. The van der Waals surface area contributed by atoms with Gasteiger partial charge in [-0.2, -0.15) is 8.75 Å². The molecule has 3 rings (SSSR count). The van der Waals surface area contributed by atoms with Crippen molar-refractivity contribution in [2.45, 2.75) is 42.7 Å². The van der Waals surface area contributed by atoms with E-state index >= 15 is 0 Å². The summed E-state index contributed by atoms with van der Waals surface area (Å²) in [5.41, 5.74) is 1.01. The molecule has 8 heteroatoms. The summed E-state index contributed by atoms with van der Waals surface area (Å²) in [6.45, 7) is 0. The van der Waals surface area contributed by atoms with Crippen LogP contribution in [0.4, 0.5) is 0 Å². The molecule has 0 saturated heterocycles. The van der Waals surface area contributed by atoms with Crippen LogP contribution in [0.15, 0.2) is 23.1 Å². The molecule has 1 aromatic carbocycles. The summed E-state index contributed by atoms with van der Waals surface area (Å²) in [4.78, 5) is 0.176. The van der Waals surface area contributed by atoms with E-state index in [1.807, 2.05) is 0 Å². The fourth-order valence-corrected chi connectivity index (χ4v) is 4.55. The first-order valence-corrected chi connectivity index (χ1v) is 8.69. The van der Waals surface area contributed by atoms with Crippen molar-refractivity contribution in [1.29, 1.82) is 0 Å². The third-order valence-corrected chi connectivity index (χ3v) is 5.65. The lowest BCUT2D eigenvalue weighted by molar-refractivity contribution is 0.120. The van der Waals surface area contributed by atoms with Gasteiger partial charge in [0.1, 0.15) is 15.9 Å². The molecule has 1 fully saturated rings. The van der Waals surface area contributed by atoms with Crippen LogP contribution in [0.25, 0.3) is 11.0 Å². The standard InChI is InChI=1S/C12H15N3O3S2/c16-9-6-4-8(5-7-9)15-20(17,18)11-3-1-2-10-12(11)14-19-13-10/h1-3,8-9,15-16H,4-7H2. The van der Waals surface area contributed by atoms with E-state index in [4.69, 9.17) is 0 Å². The van der Waals surface area contributed by atoms with Crippen LogP contribution in [0.5, 0.6) is 0 Å². The van der Waals surface area contributed by atoms with Gasteiger partial charge in [-0.05, 0) is 37.8 Å². The third kappa shape index (κ3) is 2.69. The number of benzene rings is 1. The van der Waals surface area contributed by atoms with Crippen LogP contribution >= 0.6 is 11.7 Å². The van der Waals surface area contributed by atoms with E-state index in [2.05, 4.69) is 13.5 Å². The van der Waals surface area contributed by atoms with Crippen molar-refractivity contribution in [2.24, 2.45) is 0 Å². The van der Waals surface area contributed by atoms with Crippen LogP contribution in [-0.4, -0.2) is 34.4 Å². The molecule has 1 heterocycles. The number of nitrogens with one attached hydrogen (secondary N) is 1. The van der Waals surface area contributed by atoms with Crippen LogP contribution in [0.3, 0.4) is 0 Å². The summed E-state index contributed by atoms with van der Waals surface area (Å²) in [7, 11) is -3.60. The van der Waals surface area contributed by atoms with Crippen molar-refractivity contribution < 1.29 is 13.5 Å². The predicted octanol–water partition coefficient (Wildman–Crippen LogP) is 1.27. The van der Waals surface area contributed by atoms with Gasteiger partial charge in [0, 0.05) is 6.04 Å². The molecule has 0 spiro atoms. The third-order valence-electron chi connectivity index (χ3n) is 3.56. The molecule has 0 atom stereocenters. The Balaban J connectivity index is 1.86. The fourth-order valence-electron chi connectivity index (χ4n) is 2.47. The van der Waals surface area contributed by atoms with Gasteiger partial charge in [-0.1, -0.05) is 6.07 Å². The van der Waals surface area contributed by atoms with Crippen LogP contribution < -0.4 is 4.72 Å². The van der Waals surface area contributed by atoms with E-state index in [1.54, 1.807) is 18.2 Å². The molecule has 0 bridgehead atoms. The maximum absolute atomic E-state index is 12.5. The number of fused-ring (bicyclic) bond motifs is 1. The van der Waals surface area contributed by atoms with E-state index in [1.165, 1.54) is 0 Å². The summed E-state index contributed by atoms with van der Waals surface area (Å²) in [5.74, 6) is 0. The molecule has 1 aliphatic rings. The minimum absolute atomic E-state index is 0.120. The van der Waals surface area contributed by atoms with Crippen molar-refractivity contribution in [3.05, 3.63) is 18.2 Å². The van der Waals surface area contributed by atoms with Crippen LogP contribution in [-0.2, 0) is 10.0 Å². The molecule has 2 aromatic rings. The van der Waals surface area contributed by atoms with Crippen LogP contribution in [0.1, 0.15) is 25.7 Å². The molecule has 0 unspecified atom stereocenters. The lowest BCUT2D eigenvalue weighted by Crippen LogP contribution is -2.38. The van der Waals surface area contributed by atoms with Crippen LogP contribution in [0.2, 0.25) is 0 Å². The average Bonchev–Trinajstić information content (AvgIpc) is 2.89. The maximum Gasteiger partial charge on any atom is 0.243 e. The van der Waals surface area contributed by atoms with Gasteiger partial charge in [-0.3, -0.25) is 0 Å². The normalized spacial score (nSPS) is 24.1. The topological polar surface area (TPSA) is 92.2 Å². The molecule has 0 amide bonds. The van der Waals surface area contributed by atoms with Gasteiger partial charge in [0.05, 0.1) is 17.8 Å². The Morgan fingerprint density at radius 3 is 2.70 bits per heavy atom. The molecule has 108 valence electrons. The van der Waals surface area contributed by atoms with Gasteiger partial charge in [-0.15, -0.1) is 0 Å². The molecule has 1 saturated carbocycles. The molecule has 1 aromatic heterocycles. The zero-order valence-corrected chi connectivity index (χ0v) is 12.3. The Labute approximate surface area is 121 Å². The number of aliphatic hydroxyl groups excluding tert-OH is 1. The monoisotopic (exact) mass is 313 g/mol. The molecule has 0 radical (unpaired) electrons. The molecule has 6 nitrogen and oxygen atoms in total. The lowest BCUT2D eigenvalue weighted by Gasteiger charge is -2.25. The number of hydrogen-bond acceptors (Lipinski definition) is 6. The van der Waals surface area contributed by atoms with Crippen LogP contribution in [0, 0.1) is 0 Å². The molecular weight excluding hydrogens is 298 g/mol. The number of sulfonamides is 1.